The highest BCUT2D eigenvalue weighted by Gasteiger charge is 2.31. The lowest BCUT2D eigenvalue weighted by Crippen LogP contribution is -2.22. The highest BCUT2D eigenvalue weighted by atomic mass is 32.1. The Morgan fingerprint density at radius 3 is 2.49 bits per heavy atom. The summed E-state index contributed by atoms with van der Waals surface area (Å²) in [5.41, 5.74) is 7.38. The van der Waals surface area contributed by atoms with Crippen LogP contribution in [0.3, 0.4) is 0 Å². The highest BCUT2D eigenvalue weighted by Crippen LogP contribution is 2.25. The Morgan fingerprint density at radius 1 is 1.07 bits per heavy atom. The van der Waals surface area contributed by atoms with E-state index in [0.29, 0.717) is 16.3 Å². The molecule has 0 unspecified atom stereocenters. The van der Waals surface area contributed by atoms with Crippen molar-refractivity contribution in [2.75, 3.05) is 0 Å². The molecule has 45 heavy (non-hydrogen) atoms. The van der Waals surface area contributed by atoms with Crippen molar-refractivity contribution in [3.8, 4) is 28.5 Å². The minimum absolute atomic E-state index is 0.316. The third-order valence-electron chi connectivity index (χ3n) is 6.91. The first-order valence-electron chi connectivity index (χ1n) is 14.2. The average molecular weight is 633 g/mol. The maximum absolute atomic E-state index is 12.9. The summed E-state index contributed by atoms with van der Waals surface area (Å²) in [5, 5.41) is 9.21. The number of rotatable bonds is 8. The van der Waals surface area contributed by atoms with Crippen molar-refractivity contribution in [1.82, 2.24) is 24.6 Å². The number of aryl methyl sites for hydroxylation is 3. The Bertz CT molecular complexity index is 1900. The monoisotopic (exact) mass is 632 g/mol. The maximum Gasteiger partial charge on any atom is 0.573 e. The Hall–Kier alpha value is -4.97. The molecule has 0 spiro atoms. The second-order valence-corrected chi connectivity index (χ2v) is 11.2. The summed E-state index contributed by atoms with van der Waals surface area (Å²) in [6, 6.07) is 18.7. The highest BCUT2D eigenvalue weighted by molar-refractivity contribution is 7.07. The summed E-state index contributed by atoms with van der Waals surface area (Å²) in [6.45, 7) is 8.09. The number of nitrogens with zero attached hydrogens (tertiary/aromatic N) is 5. The van der Waals surface area contributed by atoms with Gasteiger partial charge in [-0.25, -0.2) is 14.5 Å². The van der Waals surface area contributed by atoms with E-state index >= 15 is 0 Å². The molecule has 0 radical (unpaired) electrons. The van der Waals surface area contributed by atoms with Crippen LogP contribution in [0.1, 0.15) is 42.7 Å². The number of thiazole rings is 1. The number of urea groups is 1. The van der Waals surface area contributed by atoms with Crippen LogP contribution in [0.4, 0.5) is 18.0 Å². The number of carbonyl (C=O) groups excluding carboxylic acids is 1. The number of carbonyl (C=O) groups is 1. The smallest absolute Gasteiger partial charge is 0.406 e. The van der Waals surface area contributed by atoms with Crippen LogP contribution in [0.25, 0.3) is 28.3 Å². The summed E-state index contributed by atoms with van der Waals surface area (Å²) >= 11 is 1.42. The van der Waals surface area contributed by atoms with Crippen LogP contribution in [-0.2, 0) is 6.42 Å². The van der Waals surface area contributed by atoms with E-state index in [0.717, 1.165) is 46.5 Å². The van der Waals surface area contributed by atoms with Crippen molar-refractivity contribution < 1.29 is 22.7 Å². The van der Waals surface area contributed by atoms with Gasteiger partial charge in [0.05, 0.1) is 11.4 Å². The number of hydrogen-bond acceptors (Lipinski definition) is 5. The molecule has 232 valence electrons. The zero-order chi connectivity index (χ0) is 32.1. The topological polar surface area (TPSA) is 86.3 Å². The van der Waals surface area contributed by atoms with E-state index in [1.165, 1.54) is 52.2 Å². The first kappa shape index (κ1) is 31.5. The van der Waals surface area contributed by atoms with E-state index in [2.05, 4.69) is 57.2 Å². The molecule has 2 amide bonds. The molecule has 12 heteroatoms. The second kappa shape index (κ2) is 13.3. The van der Waals surface area contributed by atoms with Gasteiger partial charge in [0.25, 0.3) is 0 Å². The molecule has 2 heterocycles. The summed E-state index contributed by atoms with van der Waals surface area (Å²) in [6.07, 6.45) is 0.296. The molecule has 0 aliphatic heterocycles. The van der Waals surface area contributed by atoms with Gasteiger partial charge in [-0.05, 0) is 79.8 Å². The van der Waals surface area contributed by atoms with Crippen molar-refractivity contribution in [3.05, 3.63) is 112 Å². The van der Waals surface area contributed by atoms with E-state index in [4.69, 9.17) is 0 Å². The van der Waals surface area contributed by atoms with E-state index in [9.17, 15) is 18.0 Å². The predicted octanol–water partition coefficient (Wildman–Crippen LogP) is 7.93. The van der Waals surface area contributed by atoms with Crippen LogP contribution in [0.15, 0.2) is 89.6 Å². The number of hydrogen-bond donors (Lipinski definition) is 1. The number of ether oxygens (including phenoxy) is 1. The summed E-state index contributed by atoms with van der Waals surface area (Å²) < 4.78 is 44.7. The number of halogens is 3. The fourth-order valence-corrected chi connectivity index (χ4v) is 5.57. The molecule has 0 aliphatic rings. The van der Waals surface area contributed by atoms with Gasteiger partial charge in [0.2, 0.25) is 0 Å². The quantitative estimate of drug-likeness (QED) is 0.188. The molecule has 0 saturated carbocycles. The number of amides is 2. The van der Waals surface area contributed by atoms with Crippen molar-refractivity contribution in [1.29, 1.82) is 0 Å². The van der Waals surface area contributed by atoms with Gasteiger partial charge in [0.1, 0.15) is 12.1 Å². The largest absolute Gasteiger partial charge is 0.573 e. The fourth-order valence-electron chi connectivity index (χ4n) is 4.70. The number of benzene rings is 3. The SMILES string of the molecule is CCCc1ccc(C)cc1-n1c(C)csc1=NC(=O)N/C=C(\C)c1ccc(-c2ncn(-c3ccc(OC(F)(F)F)cc3)n2)cc1. The first-order valence-corrected chi connectivity index (χ1v) is 15.1. The standard InChI is InChI=1S/C33H31F3N6O2S/c1-5-6-25-8-7-21(2)17-29(25)42-23(4)19-45-32(42)39-31(43)37-18-22(3)24-9-11-26(12-10-24)30-38-20-41(40-30)27-13-15-28(16-14-27)44-33(34,35)36/h7-20H,5-6H2,1-4H3,(H,37,43)/b22-18+,39-32?. The van der Waals surface area contributed by atoms with E-state index in [-0.39, 0.29) is 5.75 Å². The first-order chi connectivity index (χ1) is 21.5. The Morgan fingerprint density at radius 2 is 1.80 bits per heavy atom. The Balaban J connectivity index is 1.27. The number of aromatic nitrogens is 4. The number of allylic oxidation sites excluding steroid dienone is 1. The summed E-state index contributed by atoms with van der Waals surface area (Å²) in [7, 11) is 0. The van der Waals surface area contributed by atoms with Crippen LogP contribution >= 0.6 is 11.3 Å². The molecule has 5 rings (SSSR count). The fraction of sp³-hybridized carbons (Fsp3) is 0.212. The van der Waals surface area contributed by atoms with E-state index < -0.39 is 12.4 Å². The normalized spacial score (nSPS) is 12.4. The Labute approximate surface area is 262 Å². The van der Waals surface area contributed by atoms with Crippen molar-refractivity contribution in [3.63, 3.8) is 0 Å². The zero-order valence-corrected chi connectivity index (χ0v) is 25.9. The van der Waals surface area contributed by atoms with E-state index in [1.807, 2.05) is 48.1 Å². The third kappa shape index (κ3) is 7.76. The van der Waals surface area contributed by atoms with Crippen LogP contribution in [-0.4, -0.2) is 31.7 Å². The van der Waals surface area contributed by atoms with Gasteiger partial charge in [-0.2, -0.15) is 4.99 Å². The van der Waals surface area contributed by atoms with Crippen molar-refractivity contribution in [2.45, 2.75) is 46.9 Å². The molecule has 8 nitrogen and oxygen atoms in total. The van der Waals surface area contributed by atoms with Crippen LogP contribution in [0, 0.1) is 13.8 Å². The number of alkyl halides is 3. The average Bonchev–Trinajstić information content (AvgIpc) is 3.64. The molecular formula is C33H31F3N6O2S. The molecule has 0 atom stereocenters. The van der Waals surface area contributed by atoms with Crippen LogP contribution in [0.5, 0.6) is 5.75 Å². The number of nitrogens with one attached hydrogen (secondary N) is 1. The molecular weight excluding hydrogens is 601 g/mol. The lowest BCUT2D eigenvalue weighted by atomic mass is 10.1. The maximum atomic E-state index is 12.9. The molecule has 5 aromatic rings. The minimum Gasteiger partial charge on any atom is -0.406 e. The molecule has 1 N–H and O–H groups in total. The van der Waals surface area contributed by atoms with Gasteiger partial charge >= 0.3 is 12.4 Å². The second-order valence-electron chi connectivity index (χ2n) is 10.4. The molecule has 0 bridgehead atoms. The van der Waals surface area contributed by atoms with Gasteiger partial charge in [-0.1, -0.05) is 49.7 Å². The Kier molecular flexibility index (Phi) is 9.33. The van der Waals surface area contributed by atoms with Gasteiger partial charge in [0.15, 0.2) is 10.6 Å². The lowest BCUT2D eigenvalue weighted by molar-refractivity contribution is -0.274. The third-order valence-corrected chi connectivity index (χ3v) is 7.86. The van der Waals surface area contributed by atoms with E-state index in [1.54, 1.807) is 6.20 Å². The van der Waals surface area contributed by atoms with Crippen molar-refractivity contribution >= 4 is 22.9 Å². The summed E-state index contributed by atoms with van der Waals surface area (Å²) in [5.74, 6) is 0.130. The summed E-state index contributed by atoms with van der Waals surface area (Å²) in [4.78, 5) is 22.1. The van der Waals surface area contributed by atoms with Gasteiger partial charge in [-0.3, -0.25) is 4.57 Å². The molecule has 0 saturated heterocycles. The van der Waals surface area contributed by atoms with Gasteiger partial charge < -0.3 is 10.1 Å². The molecule has 0 aliphatic carbocycles. The van der Waals surface area contributed by atoms with Gasteiger partial charge in [0, 0.05) is 22.8 Å². The molecule has 0 fully saturated rings. The van der Waals surface area contributed by atoms with Crippen LogP contribution in [0.2, 0.25) is 0 Å². The molecule has 3 aromatic carbocycles. The van der Waals surface area contributed by atoms with Crippen molar-refractivity contribution in [2.24, 2.45) is 4.99 Å². The molecule has 2 aromatic heterocycles. The van der Waals surface area contributed by atoms with Gasteiger partial charge in [-0.15, -0.1) is 29.6 Å². The minimum atomic E-state index is -4.75. The predicted molar refractivity (Wildman–Crippen MR) is 168 cm³/mol. The lowest BCUT2D eigenvalue weighted by Gasteiger charge is -2.13. The zero-order valence-electron chi connectivity index (χ0n) is 25.1. The van der Waals surface area contributed by atoms with Crippen LogP contribution < -0.4 is 14.9 Å².